The highest BCUT2D eigenvalue weighted by Gasteiger charge is 2.31. The van der Waals surface area contributed by atoms with E-state index in [2.05, 4.69) is 15.9 Å². The van der Waals surface area contributed by atoms with Gasteiger partial charge in [0.2, 0.25) is 0 Å². The van der Waals surface area contributed by atoms with Crippen molar-refractivity contribution in [2.45, 2.75) is 25.3 Å². The standard InChI is InChI=1S/C14H14BrFN2O2/c1-20-14(19)11-4-2-3-7-18(11)10-6-5-9(8-17)12(15)13(10)16/h5-6,11H,2-4,7H2,1H3. The molecule has 0 N–H and O–H groups in total. The van der Waals surface area contributed by atoms with Gasteiger partial charge in [-0.05, 0) is 47.3 Å². The second-order valence-corrected chi connectivity index (χ2v) is 5.39. The van der Waals surface area contributed by atoms with E-state index < -0.39 is 11.9 Å². The first-order chi connectivity index (χ1) is 9.60. The summed E-state index contributed by atoms with van der Waals surface area (Å²) in [4.78, 5) is 13.5. The van der Waals surface area contributed by atoms with Crippen molar-refractivity contribution in [1.82, 2.24) is 0 Å². The third-order valence-electron chi connectivity index (χ3n) is 3.47. The fourth-order valence-electron chi connectivity index (χ4n) is 2.45. The van der Waals surface area contributed by atoms with Crippen molar-refractivity contribution in [2.24, 2.45) is 0 Å². The Labute approximate surface area is 125 Å². The minimum atomic E-state index is -0.514. The molecule has 4 nitrogen and oxygen atoms in total. The topological polar surface area (TPSA) is 53.3 Å². The molecule has 1 saturated heterocycles. The molecule has 1 aliphatic heterocycles. The highest BCUT2D eigenvalue weighted by atomic mass is 79.9. The van der Waals surface area contributed by atoms with Crippen LogP contribution in [-0.2, 0) is 9.53 Å². The van der Waals surface area contributed by atoms with E-state index in [4.69, 9.17) is 10.00 Å². The molecule has 1 aromatic carbocycles. The summed E-state index contributed by atoms with van der Waals surface area (Å²) in [7, 11) is 1.33. The summed E-state index contributed by atoms with van der Waals surface area (Å²) in [6.07, 6.45) is 2.45. The number of esters is 1. The minimum Gasteiger partial charge on any atom is -0.467 e. The lowest BCUT2D eigenvalue weighted by Gasteiger charge is -2.35. The monoisotopic (exact) mass is 340 g/mol. The lowest BCUT2D eigenvalue weighted by atomic mass is 10.0. The number of nitriles is 1. The van der Waals surface area contributed by atoms with Crippen molar-refractivity contribution < 1.29 is 13.9 Å². The van der Waals surface area contributed by atoms with Gasteiger partial charge in [0.15, 0.2) is 5.82 Å². The number of ether oxygens (including phenoxy) is 1. The molecule has 0 saturated carbocycles. The molecule has 0 aliphatic carbocycles. The maximum Gasteiger partial charge on any atom is 0.328 e. The van der Waals surface area contributed by atoms with Gasteiger partial charge in [-0.1, -0.05) is 0 Å². The van der Waals surface area contributed by atoms with Gasteiger partial charge in [-0.15, -0.1) is 0 Å². The normalized spacial score (nSPS) is 18.5. The Hall–Kier alpha value is -1.61. The van der Waals surface area contributed by atoms with Gasteiger partial charge in [-0.3, -0.25) is 0 Å². The molecule has 1 aliphatic rings. The number of carbonyl (C=O) groups is 1. The first kappa shape index (κ1) is 14.8. The van der Waals surface area contributed by atoms with Crippen molar-refractivity contribution >= 4 is 27.6 Å². The summed E-state index contributed by atoms with van der Waals surface area (Å²) in [6, 6.07) is 4.53. The summed E-state index contributed by atoms with van der Waals surface area (Å²) in [5, 5.41) is 8.89. The molecule has 1 heterocycles. The molecule has 1 fully saturated rings. The number of hydrogen-bond acceptors (Lipinski definition) is 4. The molecule has 0 radical (unpaired) electrons. The molecule has 1 unspecified atom stereocenters. The van der Waals surface area contributed by atoms with Crippen LogP contribution >= 0.6 is 15.9 Å². The van der Waals surface area contributed by atoms with Crippen LogP contribution < -0.4 is 4.90 Å². The first-order valence-corrected chi connectivity index (χ1v) is 7.12. The van der Waals surface area contributed by atoms with Crippen LogP contribution in [-0.4, -0.2) is 25.7 Å². The van der Waals surface area contributed by atoms with Crippen molar-refractivity contribution in [1.29, 1.82) is 5.26 Å². The number of anilines is 1. The van der Waals surface area contributed by atoms with E-state index in [1.165, 1.54) is 7.11 Å². The Kier molecular flexibility index (Phi) is 4.61. The molecular formula is C14H14BrFN2O2. The van der Waals surface area contributed by atoms with E-state index in [1.807, 2.05) is 6.07 Å². The van der Waals surface area contributed by atoms with Crippen molar-refractivity contribution in [3.05, 3.63) is 28.0 Å². The second kappa shape index (κ2) is 6.23. The predicted octanol–water partition coefficient (Wildman–Crippen LogP) is 2.99. The lowest BCUT2D eigenvalue weighted by Crippen LogP contribution is -2.45. The van der Waals surface area contributed by atoms with E-state index >= 15 is 0 Å². The van der Waals surface area contributed by atoms with Gasteiger partial charge in [-0.25, -0.2) is 9.18 Å². The maximum atomic E-state index is 14.4. The van der Waals surface area contributed by atoms with Gasteiger partial charge >= 0.3 is 5.97 Å². The largest absolute Gasteiger partial charge is 0.467 e. The quantitative estimate of drug-likeness (QED) is 0.776. The Balaban J connectivity index is 2.41. The molecule has 0 spiro atoms. The Bertz CT molecular complexity index is 571. The fourth-order valence-corrected chi connectivity index (χ4v) is 2.87. The average Bonchev–Trinajstić information content (AvgIpc) is 2.49. The van der Waals surface area contributed by atoms with Crippen LogP contribution in [0, 0.1) is 17.1 Å². The molecule has 6 heteroatoms. The van der Waals surface area contributed by atoms with Crippen LogP contribution in [0.2, 0.25) is 0 Å². The first-order valence-electron chi connectivity index (χ1n) is 6.32. The Morgan fingerprint density at radius 3 is 2.95 bits per heavy atom. The van der Waals surface area contributed by atoms with Crippen LogP contribution in [0.25, 0.3) is 0 Å². The zero-order valence-electron chi connectivity index (χ0n) is 11.0. The number of rotatable bonds is 2. The number of methoxy groups -OCH3 is 1. The van der Waals surface area contributed by atoms with Gasteiger partial charge in [-0.2, -0.15) is 5.26 Å². The van der Waals surface area contributed by atoms with Gasteiger partial charge < -0.3 is 9.64 Å². The maximum absolute atomic E-state index is 14.4. The van der Waals surface area contributed by atoms with Crippen LogP contribution in [0.15, 0.2) is 16.6 Å². The minimum absolute atomic E-state index is 0.131. The number of hydrogen-bond donors (Lipinski definition) is 0. The second-order valence-electron chi connectivity index (χ2n) is 4.60. The summed E-state index contributed by atoms with van der Waals surface area (Å²) in [5.41, 5.74) is 0.559. The number of nitrogens with zero attached hydrogens (tertiary/aromatic N) is 2. The zero-order chi connectivity index (χ0) is 14.7. The van der Waals surface area contributed by atoms with Crippen molar-refractivity contribution in [3.8, 4) is 6.07 Å². The van der Waals surface area contributed by atoms with Crippen LogP contribution in [0.1, 0.15) is 24.8 Å². The van der Waals surface area contributed by atoms with E-state index in [-0.39, 0.29) is 16.0 Å². The summed E-state index contributed by atoms with van der Waals surface area (Å²) < 4.78 is 19.3. The highest BCUT2D eigenvalue weighted by Crippen LogP contribution is 2.33. The third-order valence-corrected chi connectivity index (χ3v) is 4.24. The predicted molar refractivity (Wildman–Crippen MR) is 75.8 cm³/mol. The number of halogens is 2. The summed E-state index contributed by atoms with van der Waals surface area (Å²) in [6.45, 7) is 0.592. The van der Waals surface area contributed by atoms with Crippen LogP contribution in [0.5, 0.6) is 0 Å². The molecule has 20 heavy (non-hydrogen) atoms. The lowest BCUT2D eigenvalue weighted by molar-refractivity contribution is -0.142. The number of benzene rings is 1. The molecule has 0 bridgehead atoms. The fraction of sp³-hybridized carbons (Fsp3) is 0.429. The number of carbonyl (C=O) groups excluding carboxylic acids is 1. The molecule has 1 aromatic rings. The summed E-state index contributed by atoms with van der Waals surface area (Å²) in [5.74, 6) is -0.871. The van der Waals surface area contributed by atoms with Gasteiger partial charge in [0.05, 0.1) is 22.8 Å². The molecule has 106 valence electrons. The number of piperidine rings is 1. The van der Waals surface area contributed by atoms with Crippen molar-refractivity contribution in [2.75, 3.05) is 18.6 Å². The van der Waals surface area contributed by atoms with E-state index in [0.29, 0.717) is 18.7 Å². The zero-order valence-corrected chi connectivity index (χ0v) is 12.6. The van der Waals surface area contributed by atoms with Gasteiger partial charge in [0, 0.05) is 6.54 Å². The highest BCUT2D eigenvalue weighted by molar-refractivity contribution is 9.10. The van der Waals surface area contributed by atoms with Gasteiger partial charge in [0.25, 0.3) is 0 Å². The molecule has 0 aromatic heterocycles. The molecule has 2 rings (SSSR count). The van der Waals surface area contributed by atoms with Crippen LogP contribution in [0.3, 0.4) is 0 Å². The molecule has 1 atom stereocenters. The molecular weight excluding hydrogens is 327 g/mol. The van der Waals surface area contributed by atoms with E-state index in [9.17, 15) is 9.18 Å². The Morgan fingerprint density at radius 1 is 1.55 bits per heavy atom. The third kappa shape index (κ3) is 2.63. The summed E-state index contributed by atoms with van der Waals surface area (Å²) >= 11 is 3.09. The van der Waals surface area contributed by atoms with Crippen molar-refractivity contribution in [3.63, 3.8) is 0 Å². The van der Waals surface area contributed by atoms with E-state index in [1.54, 1.807) is 17.0 Å². The van der Waals surface area contributed by atoms with E-state index in [0.717, 1.165) is 12.8 Å². The Morgan fingerprint density at radius 2 is 2.30 bits per heavy atom. The SMILES string of the molecule is COC(=O)C1CCCCN1c1ccc(C#N)c(Br)c1F. The molecule has 0 amide bonds. The smallest absolute Gasteiger partial charge is 0.328 e. The average molecular weight is 341 g/mol. The van der Waals surface area contributed by atoms with Crippen LogP contribution in [0.4, 0.5) is 10.1 Å². The van der Waals surface area contributed by atoms with Gasteiger partial charge in [0.1, 0.15) is 12.1 Å².